The minimum absolute atomic E-state index is 0.0960. The van der Waals surface area contributed by atoms with Gasteiger partial charge in [-0.05, 0) is 56.1 Å². The molecule has 0 fully saturated rings. The second-order valence-corrected chi connectivity index (χ2v) is 7.47. The first-order valence-electron chi connectivity index (χ1n) is 9.59. The fraction of sp³-hybridized carbons (Fsp3) is 0.524. The summed E-state index contributed by atoms with van der Waals surface area (Å²) in [5.74, 6) is -1.30. The van der Waals surface area contributed by atoms with Crippen LogP contribution in [0.5, 0.6) is 0 Å². The molecule has 0 spiro atoms. The molecule has 0 bridgehead atoms. The van der Waals surface area contributed by atoms with E-state index in [1.165, 1.54) is 24.0 Å². The maximum absolute atomic E-state index is 12.0. The zero-order valence-corrected chi connectivity index (χ0v) is 15.2. The van der Waals surface area contributed by atoms with Gasteiger partial charge in [-0.2, -0.15) is 0 Å². The molecule has 3 N–H and O–H groups in total. The topological polar surface area (TPSA) is 78.4 Å². The Labute approximate surface area is 154 Å². The third-order valence-corrected chi connectivity index (χ3v) is 5.40. The highest BCUT2D eigenvalue weighted by Gasteiger charge is 2.32. The van der Waals surface area contributed by atoms with Crippen LogP contribution in [0.2, 0.25) is 0 Å². The molecule has 0 unspecified atom stereocenters. The highest BCUT2D eigenvalue weighted by molar-refractivity contribution is 6.35. The molecule has 2 amide bonds. The quantitative estimate of drug-likeness (QED) is 0.558. The maximum atomic E-state index is 12.0. The summed E-state index contributed by atoms with van der Waals surface area (Å²) in [4.78, 5) is 23.9. The van der Waals surface area contributed by atoms with Crippen molar-refractivity contribution in [3.8, 4) is 0 Å². The van der Waals surface area contributed by atoms with Crippen LogP contribution < -0.4 is 10.6 Å². The summed E-state index contributed by atoms with van der Waals surface area (Å²) in [6.45, 7) is 0.578. The molecule has 0 saturated carbocycles. The van der Waals surface area contributed by atoms with E-state index in [0.717, 1.165) is 31.2 Å². The van der Waals surface area contributed by atoms with Crippen LogP contribution in [0.25, 0.3) is 0 Å². The zero-order chi connectivity index (χ0) is 18.4. The number of fused-ring (bicyclic) bond motifs is 1. The van der Waals surface area contributed by atoms with Crippen LogP contribution in [0.15, 0.2) is 35.9 Å². The number of amides is 2. The van der Waals surface area contributed by atoms with Crippen LogP contribution in [-0.2, 0) is 22.4 Å². The van der Waals surface area contributed by atoms with E-state index in [1.54, 1.807) is 0 Å². The Kier molecular flexibility index (Phi) is 6.09. The molecule has 0 saturated heterocycles. The number of hydrogen-bond donors (Lipinski definition) is 3. The molecule has 1 aromatic carbocycles. The van der Waals surface area contributed by atoms with Gasteiger partial charge in [0.2, 0.25) is 0 Å². The van der Waals surface area contributed by atoms with Crippen molar-refractivity contribution in [3.63, 3.8) is 0 Å². The Balaban J connectivity index is 1.41. The number of carbonyl (C=O) groups is 2. The number of aliphatic hydroxyl groups is 1. The molecule has 1 atom stereocenters. The first kappa shape index (κ1) is 18.6. The van der Waals surface area contributed by atoms with Crippen molar-refractivity contribution in [2.45, 2.75) is 57.0 Å². The van der Waals surface area contributed by atoms with Crippen LogP contribution in [0.1, 0.15) is 49.7 Å². The fourth-order valence-corrected chi connectivity index (χ4v) is 3.81. The van der Waals surface area contributed by atoms with Crippen LogP contribution >= 0.6 is 0 Å². The third kappa shape index (κ3) is 4.94. The average molecular weight is 356 g/mol. The number of rotatable bonds is 5. The summed E-state index contributed by atoms with van der Waals surface area (Å²) >= 11 is 0. The first-order chi connectivity index (χ1) is 12.6. The number of hydrogen-bond acceptors (Lipinski definition) is 3. The fourth-order valence-electron chi connectivity index (χ4n) is 3.81. The summed E-state index contributed by atoms with van der Waals surface area (Å²) in [6, 6.07) is 8.04. The van der Waals surface area contributed by atoms with Gasteiger partial charge in [-0.3, -0.25) is 9.59 Å². The molecule has 3 rings (SSSR count). The molecule has 2 aliphatic carbocycles. The third-order valence-electron chi connectivity index (χ3n) is 5.40. The van der Waals surface area contributed by atoms with Gasteiger partial charge in [0.1, 0.15) is 0 Å². The molecule has 0 aromatic heterocycles. The van der Waals surface area contributed by atoms with Crippen LogP contribution in [-0.4, -0.2) is 35.6 Å². The van der Waals surface area contributed by atoms with Crippen molar-refractivity contribution in [1.29, 1.82) is 0 Å². The van der Waals surface area contributed by atoms with Crippen molar-refractivity contribution >= 4 is 11.8 Å². The predicted octanol–water partition coefficient (Wildman–Crippen LogP) is 2.03. The van der Waals surface area contributed by atoms with Gasteiger partial charge < -0.3 is 15.7 Å². The van der Waals surface area contributed by atoms with E-state index in [2.05, 4.69) is 22.8 Å². The van der Waals surface area contributed by atoms with Gasteiger partial charge in [-0.25, -0.2) is 0 Å². The SMILES string of the molecule is O=C(NCCC1=CCCCC1)C(=O)NC[C@@]1(O)CCc2ccccc2C1. The molecule has 0 radical (unpaired) electrons. The highest BCUT2D eigenvalue weighted by atomic mass is 16.3. The second kappa shape index (κ2) is 8.49. The standard InChI is InChI=1S/C21H28N2O3/c24-19(22-13-11-16-6-2-1-3-7-16)20(25)23-15-21(26)12-10-17-8-4-5-9-18(17)14-21/h4-6,8-9,26H,1-3,7,10-15H2,(H,22,24)(H,23,25)/t21-/m1/s1. The van der Waals surface area contributed by atoms with E-state index in [9.17, 15) is 14.7 Å². The summed E-state index contributed by atoms with van der Waals surface area (Å²) in [5, 5.41) is 16.0. The molecule has 0 heterocycles. The lowest BCUT2D eigenvalue weighted by Gasteiger charge is -2.33. The number of allylic oxidation sites excluding steroid dienone is 1. The number of nitrogens with one attached hydrogen (secondary N) is 2. The largest absolute Gasteiger partial charge is 0.388 e. The molecule has 2 aliphatic rings. The van der Waals surface area contributed by atoms with Gasteiger partial charge in [0, 0.05) is 19.5 Å². The minimum atomic E-state index is -0.989. The predicted molar refractivity (Wildman–Crippen MR) is 101 cm³/mol. The highest BCUT2D eigenvalue weighted by Crippen LogP contribution is 2.28. The number of carbonyl (C=O) groups excluding carboxylic acids is 2. The minimum Gasteiger partial charge on any atom is -0.388 e. The number of aryl methyl sites for hydroxylation is 1. The van der Waals surface area contributed by atoms with E-state index in [-0.39, 0.29) is 6.54 Å². The Morgan fingerprint density at radius 3 is 2.58 bits per heavy atom. The summed E-state index contributed by atoms with van der Waals surface area (Å²) in [6.07, 6.45) is 9.57. The molecule has 5 nitrogen and oxygen atoms in total. The van der Waals surface area contributed by atoms with E-state index < -0.39 is 17.4 Å². The van der Waals surface area contributed by atoms with E-state index >= 15 is 0 Å². The van der Waals surface area contributed by atoms with Crippen molar-refractivity contribution < 1.29 is 14.7 Å². The van der Waals surface area contributed by atoms with E-state index in [4.69, 9.17) is 0 Å². The van der Waals surface area contributed by atoms with Crippen LogP contribution in [0, 0.1) is 0 Å². The Bertz CT molecular complexity index is 698. The van der Waals surface area contributed by atoms with Gasteiger partial charge in [-0.15, -0.1) is 0 Å². The van der Waals surface area contributed by atoms with Gasteiger partial charge >= 0.3 is 11.8 Å². The van der Waals surface area contributed by atoms with Crippen LogP contribution in [0.4, 0.5) is 0 Å². The lowest BCUT2D eigenvalue weighted by Crippen LogP contribution is -2.50. The van der Waals surface area contributed by atoms with E-state index in [0.29, 0.717) is 19.4 Å². The molecular formula is C21H28N2O3. The molecule has 1 aromatic rings. The first-order valence-corrected chi connectivity index (χ1v) is 9.59. The van der Waals surface area contributed by atoms with Gasteiger partial charge in [0.05, 0.1) is 5.60 Å². The van der Waals surface area contributed by atoms with Gasteiger partial charge in [0.15, 0.2) is 0 Å². The molecule has 26 heavy (non-hydrogen) atoms. The van der Waals surface area contributed by atoms with Gasteiger partial charge in [-0.1, -0.05) is 35.9 Å². The Morgan fingerprint density at radius 2 is 1.81 bits per heavy atom. The summed E-state index contributed by atoms with van der Waals surface area (Å²) < 4.78 is 0. The average Bonchev–Trinajstić information content (AvgIpc) is 2.67. The van der Waals surface area contributed by atoms with Crippen molar-refractivity contribution in [3.05, 3.63) is 47.0 Å². The van der Waals surface area contributed by atoms with Gasteiger partial charge in [0.25, 0.3) is 0 Å². The Morgan fingerprint density at radius 1 is 1.04 bits per heavy atom. The molecule has 0 aliphatic heterocycles. The summed E-state index contributed by atoms with van der Waals surface area (Å²) in [5.41, 5.74) is 2.74. The monoisotopic (exact) mass is 356 g/mol. The van der Waals surface area contributed by atoms with Crippen LogP contribution in [0.3, 0.4) is 0 Å². The smallest absolute Gasteiger partial charge is 0.309 e. The summed E-state index contributed by atoms with van der Waals surface area (Å²) in [7, 11) is 0. The zero-order valence-electron chi connectivity index (χ0n) is 15.2. The second-order valence-electron chi connectivity index (χ2n) is 7.47. The van der Waals surface area contributed by atoms with Crippen molar-refractivity contribution in [2.75, 3.05) is 13.1 Å². The molecule has 140 valence electrons. The molecular weight excluding hydrogens is 328 g/mol. The lowest BCUT2D eigenvalue weighted by atomic mass is 9.80. The molecule has 5 heteroatoms. The van der Waals surface area contributed by atoms with Crippen molar-refractivity contribution in [2.24, 2.45) is 0 Å². The normalized spacial score (nSPS) is 22.1. The number of benzene rings is 1. The Hall–Kier alpha value is -2.14. The van der Waals surface area contributed by atoms with Crippen molar-refractivity contribution in [1.82, 2.24) is 10.6 Å². The maximum Gasteiger partial charge on any atom is 0.309 e. The lowest BCUT2D eigenvalue weighted by molar-refractivity contribution is -0.139. The van der Waals surface area contributed by atoms with E-state index in [1.807, 2.05) is 18.2 Å².